The van der Waals surface area contributed by atoms with E-state index in [9.17, 15) is 4.79 Å². The van der Waals surface area contributed by atoms with E-state index >= 15 is 0 Å². The minimum Gasteiger partial charge on any atom is -0.356 e. The highest BCUT2D eigenvalue weighted by atomic mass is 16.1. The van der Waals surface area contributed by atoms with Gasteiger partial charge in [0.15, 0.2) is 0 Å². The maximum absolute atomic E-state index is 12.6. The molecule has 1 heterocycles. The summed E-state index contributed by atoms with van der Waals surface area (Å²) < 4.78 is 0. The Morgan fingerprint density at radius 2 is 2.05 bits per heavy atom. The van der Waals surface area contributed by atoms with Gasteiger partial charge in [-0.1, -0.05) is 20.8 Å². The van der Waals surface area contributed by atoms with Gasteiger partial charge < -0.3 is 16.0 Å². The van der Waals surface area contributed by atoms with E-state index in [0.29, 0.717) is 11.8 Å². The fourth-order valence-electron chi connectivity index (χ4n) is 4.13. The topological polar surface area (TPSA) is 58.4 Å². The van der Waals surface area contributed by atoms with Crippen LogP contribution in [0.5, 0.6) is 0 Å². The molecule has 2 aliphatic rings. The zero-order valence-electron chi connectivity index (χ0n) is 14.2. The summed E-state index contributed by atoms with van der Waals surface area (Å²) in [5.41, 5.74) is 6.18. The van der Waals surface area contributed by atoms with Gasteiger partial charge in [0.25, 0.3) is 0 Å². The van der Waals surface area contributed by atoms with Crippen molar-refractivity contribution < 1.29 is 4.79 Å². The van der Waals surface area contributed by atoms with E-state index in [4.69, 9.17) is 5.73 Å². The summed E-state index contributed by atoms with van der Waals surface area (Å²) in [6.07, 6.45) is 4.38. The lowest BCUT2D eigenvalue weighted by Gasteiger charge is -2.46. The minimum atomic E-state index is -0.00882. The van der Waals surface area contributed by atoms with Gasteiger partial charge in [-0.2, -0.15) is 0 Å². The van der Waals surface area contributed by atoms with Crippen LogP contribution in [0, 0.1) is 23.2 Å². The third kappa shape index (κ3) is 3.78. The van der Waals surface area contributed by atoms with Gasteiger partial charge in [-0.15, -0.1) is 0 Å². The zero-order chi connectivity index (χ0) is 15.6. The predicted octanol–water partition coefficient (Wildman–Crippen LogP) is 1.84. The van der Waals surface area contributed by atoms with Crippen LogP contribution >= 0.6 is 0 Å². The number of nitrogens with two attached hydrogens (primary N) is 1. The summed E-state index contributed by atoms with van der Waals surface area (Å²) in [5, 5.41) is 3.23. The third-order valence-electron chi connectivity index (χ3n) is 6.11. The lowest BCUT2D eigenvalue weighted by Crippen LogP contribution is -2.52. The van der Waals surface area contributed by atoms with E-state index in [2.05, 4.69) is 38.0 Å². The molecule has 21 heavy (non-hydrogen) atoms. The van der Waals surface area contributed by atoms with Crippen molar-refractivity contribution in [1.29, 1.82) is 0 Å². The lowest BCUT2D eigenvalue weighted by molar-refractivity contribution is -0.132. The number of likely N-dealkylation sites (tertiary alicyclic amines) is 1. The first-order valence-corrected chi connectivity index (χ1v) is 8.54. The molecule has 0 spiro atoms. The fourth-order valence-corrected chi connectivity index (χ4v) is 4.13. The van der Waals surface area contributed by atoms with Crippen LogP contribution in [0.3, 0.4) is 0 Å². The molecule has 4 atom stereocenters. The molecule has 3 N–H and O–H groups in total. The highest BCUT2D eigenvalue weighted by molar-refractivity contribution is 5.79. The van der Waals surface area contributed by atoms with Gasteiger partial charge in [-0.05, 0) is 56.5 Å². The Morgan fingerprint density at radius 1 is 1.33 bits per heavy atom. The monoisotopic (exact) mass is 295 g/mol. The number of amides is 1. The molecule has 122 valence electrons. The van der Waals surface area contributed by atoms with Crippen molar-refractivity contribution in [1.82, 2.24) is 10.2 Å². The van der Waals surface area contributed by atoms with Crippen LogP contribution in [0.2, 0.25) is 0 Å². The smallest absolute Gasteiger partial charge is 0.223 e. The molecule has 4 heteroatoms. The van der Waals surface area contributed by atoms with Crippen molar-refractivity contribution in [3.05, 3.63) is 0 Å². The average molecular weight is 295 g/mol. The Hall–Kier alpha value is -0.610. The molecule has 4 nitrogen and oxygen atoms in total. The maximum Gasteiger partial charge on any atom is 0.223 e. The zero-order valence-corrected chi connectivity index (χ0v) is 14.2. The van der Waals surface area contributed by atoms with Gasteiger partial charge in [-0.3, -0.25) is 4.79 Å². The molecule has 1 saturated carbocycles. The summed E-state index contributed by atoms with van der Waals surface area (Å²) in [5.74, 6) is 1.35. The number of carbonyl (C=O) groups is 1. The third-order valence-corrected chi connectivity index (χ3v) is 6.11. The Morgan fingerprint density at radius 3 is 2.71 bits per heavy atom. The Balaban J connectivity index is 1.88. The van der Waals surface area contributed by atoms with Crippen LogP contribution in [0.4, 0.5) is 0 Å². The van der Waals surface area contributed by atoms with Crippen LogP contribution in [0.25, 0.3) is 0 Å². The Labute approximate surface area is 129 Å². The molecule has 0 aromatic rings. The van der Waals surface area contributed by atoms with Crippen molar-refractivity contribution in [2.24, 2.45) is 28.9 Å². The van der Waals surface area contributed by atoms with Gasteiger partial charge >= 0.3 is 0 Å². The molecule has 0 aromatic carbocycles. The Bertz CT molecular complexity index is 369. The largest absolute Gasteiger partial charge is 0.356 e. The van der Waals surface area contributed by atoms with Crippen molar-refractivity contribution in [3.63, 3.8) is 0 Å². The molecule has 0 radical (unpaired) electrons. The number of hydrogen-bond donors (Lipinski definition) is 2. The first-order chi connectivity index (χ1) is 9.82. The fraction of sp³-hybridized carbons (Fsp3) is 0.941. The molecule has 1 saturated heterocycles. The number of nitrogens with zero attached hydrogens (tertiary/aromatic N) is 1. The summed E-state index contributed by atoms with van der Waals surface area (Å²) >= 11 is 0. The first kappa shape index (κ1) is 16.8. The highest BCUT2D eigenvalue weighted by Gasteiger charge is 2.44. The van der Waals surface area contributed by atoms with Crippen LogP contribution < -0.4 is 11.1 Å². The quantitative estimate of drug-likeness (QED) is 0.835. The summed E-state index contributed by atoms with van der Waals surface area (Å²) in [6, 6.07) is 0.232. The first-order valence-electron chi connectivity index (χ1n) is 8.54. The van der Waals surface area contributed by atoms with E-state index < -0.39 is 0 Å². The molecule has 1 aliphatic carbocycles. The second-order valence-electron chi connectivity index (χ2n) is 7.92. The van der Waals surface area contributed by atoms with Gasteiger partial charge in [0.2, 0.25) is 5.91 Å². The van der Waals surface area contributed by atoms with Crippen LogP contribution in [-0.2, 0) is 4.79 Å². The van der Waals surface area contributed by atoms with Crippen molar-refractivity contribution in [2.75, 3.05) is 26.7 Å². The van der Waals surface area contributed by atoms with Gasteiger partial charge in [0.05, 0.1) is 0 Å². The van der Waals surface area contributed by atoms with Crippen LogP contribution in [0.1, 0.15) is 46.5 Å². The highest BCUT2D eigenvalue weighted by Crippen LogP contribution is 2.44. The van der Waals surface area contributed by atoms with E-state index in [1.54, 1.807) is 0 Å². The molecule has 1 amide bonds. The standard InChI is InChI=1S/C17H33N3O/c1-12-15(18)8-7-14(17(12,2)3)16(21)19-10-13-6-5-9-20(4)11-13/h12-15H,5-11,18H2,1-4H3,(H,19,21). The normalized spacial score (nSPS) is 37.2. The number of rotatable bonds is 3. The van der Waals surface area contributed by atoms with E-state index in [1.807, 2.05) is 0 Å². The second-order valence-corrected chi connectivity index (χ2v) is 7.92. The molecule has 4 unspecified atom stereocenters. The summed E-state index contributed by atoms with van der Waals surface area (Å²) in [6.45, 7) is 9.73. The van der Waals surface area contributed by atoms with Crippen molar-refractivity contribution in [3.8, 4) is 0 Å². The minimum absolute atomic E-state index is 0.00882. The van der Waals surface area contributed by atoms with E-state index in [-0.39, 0.29) is 23.3 Å². The van der Waals surface area contributed by atoms with E-state index in [1.165, 1.54) is 19.4 Å². The molecule has 2 rings (SSSR count). The number of piperidine rings is 1. The molecule has 2 fully saturated rings. The molecular formula is C17H33N3O. The van der Waals surface area contributed by atoms with Gasteiger partial charge in [0, 0.05) is 25.0 Å². The SMILES string of the molecule is CC1C(N)CCC(C(=O)NCC2CCCN(C)C2)C1(C)C. The molecule has 1 aliphatic heterocycles. The summed E-state index contributed by atoms with van der Waals surface area (Å²) in [7, 11) is 2.17. The van der Waals surface area contributed by atoms with Gasteiger partial charge in [0.1, 0.15) is 0 Å². The molecular weight excluding hydrogens is 262 g/mol. The second kappa shape index (κ2) is 6.66. The Kier molecular flexibility index (Phi) is 5.31. The van der Waals surface area contributed by atoms with Crippen molar-refractivity contribution in [2.45, 2.75) is 52.5 Å². The van der Waals surface area contributed by atoms with Gasteiger partial charge in [-0.25, -0.2) is 0 Å². The predicted molar refractivity (Wildman–Crippen MR) is 86.9 cm³/mol. The van der Waals surface area contributed by atoms with E-state index in [0.717, 1.165) is 25.9 Å². The number of carbonyl (C=O) groups excluding carboxylic acids is 1. The molecule has 0 bridgehead atoms. The summed E-state index contributed by atoms with van der Waals surface area (Å²) in [4.78, 5) is 15.0. The average Bonchev–Trinajstić information content (AvgIpc) is 2.42. The lowest BCUT2D eigenvalue weighted by atomic mass is 9.61. The van der Waals surface area contributed by atoms with Crippen molar-refractivity contribution >= 4 is 5.91 Å². The number of hydrogen-bond acceptors (Lipinski definition) is 3. The maximum atomic E-state index is 12.6. The number of nitrogens with one attached hydrogen (secondary N) is 1. The van der Waals surface area contributed by atoms with Crippen LogP contribution in [-0.4, -0.2) is 43.5 Å². The molecule has 0 aromatic heterocycles. The van der Waals surface area contributed by atoms with Crippen LogP contribution in [0.15, 0.2) is 0 Å².